The molecule has 1 atom stereocenters. The van der Waals surface area contributed by atoms with Crippen molar-refractivity contribution >= 4 is 22.9 Å². The van der Waals surface area contributed by atoms with Crippen molar-refractivity contribution in [1.29, 1.82) is 5.26 Å². The van der Waals surface area contributed by atoms with Gasteiger partial charge in [-0.25, -0.2) is 19.7 Å². The van der Waals surface area contributed by atoms with E-state index < -0.39 is 6.09 Å². The predicted molar refractivity (Wildman–Crippen MR) is 103 cm³/mol. The van der Waals surface area contributed by atoms with Crippen LogP contribution in [0.3, 0.4) is 0 Å². The van der Waals surface area contributed by atoms with Gasteiger partial charge in [0, 0.05) is 19.5 Å². The van der Waals surface area contributed by atoms with Gasteiger partial charge in [-0.1, -0.05) is 0 Å². The van der Waals surface area contributed by atoms with Crippen LogP contribution < -0.4 is 10.1 Å². The third kappa shape index (κ3) is 3.59. The molecule has 4 heterocycles. The summed E-state index contributed by atoms with van der Waals surface area (Å²) in [7, 11) is 1.56. The van der Waals surface area contributed by atoms with Crippen LogP contribution in [-0.4, -0.2) is 50.2 Å². The number of rotatable bonds is 5. The third-order valence-corrected chi connectivity index (χ3v) is 4.23. The second-order valence-corrected chi connectivity index (χ2v) is 6.39. The molecule has 0 fully saturated rings. The van der Waals surface area contributed by atoms with Crippen molar-refractivity contribution in [2.75, 3.05) is 13.7 Å². The molecule has 0 bridgehead atoms. The van der Waals surface area contributed by atoms with Gasteiger partial charge in [0.15, 0.2) is 16.9 Å². The molecule has 2 N–H and O–H groups in total. The average Bonchev–Trinajstić information content (AvgIpc) is 3.31. The number of aromatic nitrogens is 5. The zero-order valence-electron chi connectivity index (χ0n) is 15.7. The second-order valence-electron chi connectivity index (χ2n) is 6.39. The van der Waals surface area contributed by atoms with Gasteiger partial charge in [0.1, 0.15) is 11.3 Å². The Balaban J connectivity index is 1.65. The maximum atomic E-state index is 12.1. The lowest BCUT2D eigenvalue weighted by Crippen LogP contribution is -2.37. The van der Waals surface area contributed by atoms with Crippen LogP contribution in [0.5, 0.6) is 5.75 Å². The number of nitriles is 1. The third-order valence-electron chi connectivity index (χ3n) is 4.23. The zero-order valence-corrected chi connectivity index (χ0v) is 15.7. The highest BCUT2D eigenvalue weighted by molar-refractivity contribution is 5.84. The normalized spacial score (nSPS) is 12.0. The Hall–Kier alpha value is -3.97. The van der Waals surface area contributed by atoms with Crippen molar-refractivity contribution in [2.24, 2.45) is 0 Å². The maximum absolute atomic E-state index is 12.1. The van der Waals surface area contributed by atoms with Gasteiger partial charge in [0.25, 0.3) is 0 Å². The van der Waals surface area contributed by atoms with E-state index in [2.05, 4.69) is 31.3 Å². The summed E-state index contributed by atoms with van der Waals surface area (Å²) in [5.41, 5.74) is 3.29. The van der Waals surface area contributed by atoms with E-state index in [4.69, 9.17) is 14.7 Å². The Morgan fingerprint density at radius 1 is 1.41 bits per heavy atom. The number of H-pyrrole nitrogens is 1. The van der Waals surface area contributed by atoms with Crippen LogP contribution in [0.15, 0.2) is 36.9 Å². The first-order valence-electron chi connectivity index (χ1n) is 8.78. The van der Waals surface area contributed by atoms with Crippen LogP contribution in [0.4, 0.5) is 4.79 Å². The topological polar surface area (TPSA) is 130 Å². The Bertz CT molecular complexity index is 1240. The second kappa shape index (κ2) is 7.57. The summed E-state index contributed by atoms with van der Waals surface area (Å²) in [6, 6.07) is 5.27. The summed E-state index contributed by atoms with van der Waals surface area (Å²) in [4.78, 5) is 28.3. The quantitative estimate of drug-likeness (QED) is 0.533. The molecule has 29 heavy (non-hydrogen) atoms. The molecular weight excluding hydrogens is 374 g/mol. The summed E-state index contributed by atoms with van der Waals surface area (Å²) >= 11 is 0. The molecule has 0 radical (unpaired) electrons. The van der Waals surface area contributed by atoms with E-state index in [-0.39, 0.29) is 11.8 Å². The fourth-order valence-electron chi connectivity index (χ4n) is 2.93. The van der Waals surface area contributed by atoms with Gasteiger partial charge in [0.2, 0.25) is 0 Å². The molecule has 0 saturated heterocycles. The Kier molecular flexibility index (Phi) is 4.80. The first kappa shape index (κ1) is 18.4. The van der Waals surface area contributed by atoms with Gasteiger partial charge in [-0.15, -0.1) is 0 Å². The van der Waals surface area contributed by atoms with Crippen LogP contribution in [0.2, 0.25) is 0 Å². The molecule has 0 aromatic carbocycles. The van der Waals surface area contributed by atoms with Crippen LogP contribution in [0.1, 0.15) is 12.5 Å². The number of methoxy groups -OCH3 is 1. The van der Waals surface area contributed by atoms with Gasteiger partial charge < -0.3 is 19.8 Å². The molecule has 0 aliphatic carbocycles. The number of ether oxygens (including phenoxy) is 2. The van der Waals surface area contributed by atoms with Gasteiger partial charge >= 0.3 is 6.09 Å². The minimum absolute atomic E-state index is 0.198. The van der Waals surface area contributed by atoms with Crippen molar-refractivity contribution in [3.63, 3.8) is 0 Å². The van der Waals surface area contributed by atoms with E-state index in [1.54, 1.807) is 44.8 Å². The Labute approximate surface area is 165 Å². The Morgan fingerprint density at radius 3 is 3.07 bits per heavy atom. The molecule has 10 nitrogen and oxygen atoms in total. The van der Waals surface area contributed by atoms with Gasteiger partial charge in [-0.05, 0) is 19.1 Å². The van der Waals surface area contributed by atoms with Crippen molar-refractivity contribution in [3.8, 4) is 23.2 Å². The van der Waals surface area contributed by atoms with E-state index in [0.717, 1.165) is 0 Å². The molecule has 1 amide bonds. The molecule has 0 unspecified atom stereocenters. The Morgan fingerprint density at radius 2 is 2.28 bits per heavy atom. The molecule has 146 valence electrons. The first-order chi connectivity index (χ1) is 14.1. The molecule has 0 saturated carbocycles. The van der Waals surface area contributed by atoms with E-state index in [1.165, 1.54) is 6.20 Å². The highest BCUT2D eigenvalue weighted by Gasteiger charge is 2.16. The summed E-state index contributed by atoms with van der Waals surface area (Å²) in [6.07, 6.45) is 5.93. The van der Waals surface area contributed by atoms with Crippen LogP contribution in [0, 0.1) is 11.3 Å². The number of nitrogens with zero attached hydrogens (tertiary/aromatic N) is 5. The summed E-state index contributed by atoms with van der Waals surface area (Å²) < 4.78 is 12.2. The van der Waals surface area contributed by atoms with Crippen molar-refractivity contribution in [3.05, 3.63) is 42.5 Å². The minimum atomic E-state index is -0.610. The summed E-state index contributed by atoms with van der Waals surface area (Å²) in [5.74, 6) is 0.261. The van der Waals surface area contributed by atoms with Crippen LogP contribution in [0.25, 0.3) is 28.2 Å². The zero-order chi connectivity index (χ0) is 20.4. The lowest BCUT2D eigenvalue weighted by molar-refractivity contribution is 0.159. The molecule has 0 aliphatic heterocycles. The summed E-state index contributed by atoms with van der Waals surface area (Å²) in [6.45, 7) is 2.18. The van der Waals surface area contributed by atoms with Gasteiger partial charge in [-0.2, -0.15) is 5.26 Å². The molecule has 10 heteroatoms. The van der Waals surface area contributed by atoms with Gasteiger partial charge in [-0.3, -0.25) is 4.40 Å². The number of carbonyl (C=O) groups excluding carboxylic acids is 1. The van der Waals surface area contributed by atoms with Crippen molar-refractivity contribution in [1.82, 2.24) is 29.7 Å². The number of pyridine rings is 1. The number of amides is 1. The predicted octanol–water partition coefficient (Wildman–Crippen LogP) is 2.27. The average molecular weight is 391 g/mol. The monoisotopic (exact) mass is 391 g/mol. The van der Waals surface area contributed by atoms with Crippen molar-refractivity contribution in [2.45, 2.75) is 13.0 Å². The fraction of sp³-hybridized carbons (Fsp3) is 0.211. The highest BCUT2D eigenvalue weighted by atomic mass is 16.6. The first-order valence-corrected chi connectivity index (χ1v) is 8.78. The molecule has 0 aliphatic rings. The minimum Gasteiger partial charge on any atom is -0.406 e. The number of aromatic amines is 1. The lowest BCUT2D eigenvalue weighted by atomic mass is 10.3. The molecule has 4 rings (SSSR count). The maximum Gasteiger partial charge on any atom is 0.413 e. The van der Waals surface area contributed by atoms with Crippen molar-refractivity contribution < 1.29 is 14.3 Å². The van der Waals surface area contributed by atoms with Gasteiger partial charge in [0.05, 0.1) is 42.4 Å². The van der Waals surface area contributed by atoms with E-state index in [0.29, 0.717) is 40.4 Å². The molecule has 0 spiro atoms. The molecule has 4 aromatic heterocycles. The lowest BCUT2D eigenvalue weighted by Gasteiger charge is -2.12. The number of hydrogen-bond acceptors (Lipinski definition) is 7. The number of imidazole rings is 1. The van der Waals surface area contributed by atoms with E-state index >= 15 is 0 Å². The number of carbonyl (C=O) groups is 1. The number of hydrogen-bond donors (Lipinski definition) is 2. The van der Waals surface area contributed by atoms with E-state index in [9.17, 15) is 4.79 Å². The van der Waals surface area contributed by atoms with Crippen LogP contribution >= 0.6 is 0 Å². The fourth-order valence-corrected chi connectivity index (χ4v) is 2.93. The smallest absolute Gasteiger partial charge is 0.406 e. The molecular formula is C19H17N7O3. The van der Waals surface area contributed by atoms with Crippen LogP contribution in [-0.2, 0) is 4.74 Å². The standard InChI is InChI=1S/C19H17N7O3/c1-11(10-28-2)24-19(27)29-15-9-23-18-17(15)25-13(7-22-18)14-8-21-16-5-12(6-20)3-4-26(14)16/h3-5,7-9,11H,10H2,1-2H3,(H,22,23)(H,24,27)/t11-/m0/s1. The molecule has 4 aromatic rings. The summed E-state index contributed by atoms with van der Waals surface area (Å²) in [5, 5.41) is 11.7. The largest absolute Gasteiger partial charge is 0.413 e. The SMILES string of the molecule is COC[C@H](C)NC(=O)Oc1c[nH]c2ncc(-c3cnc4cc(C#N)ccn34)nc12. The highest BCUT2D eigenvalue weighted by Crippen LogP contribution is 2.26. The number of fused-ring (bicyclic) bond motifs is 2. The van der Waals surface area contributed by atoms with E-state index in [1.807, 2.05) is 4.40 Å². The number of nitrogens with one attached hydrogen (secondary N) is 2.